The molecule has 5 nitrogen and oxygen atoms in total. The molecule has 0 bridgehead atoms. The minimum absolute atomic E-state index is 0.0798. The van der Waals surface area contributed by atoms with Crippen molar-refractivity contribution in [3.63, 3.8) is 0 Å². The lowest BCUT2D eigenvalue weighted by molar-refractivity contribution is -0.134. The third-order valence-electron chi connectivity index (χ3n) is 3.91. The van der Waals surface area contributed by atoms with Crippen LogP contribution in [-0.4, -0.2) is 29.8 Å². The fourth-order valence-electron chi connectivity index (χ4n) is 2.57. The molecule has 0 unspecified atom stereocenters. The van der Waals surface area contributed by atoms with Crippen LogP contribution in [0.3, 0.4) is 0 Å². The molecular formula is C15H21N3O2. The lowest BCUT2D eigenvalue weighted by atomic mass is 9.96. The number of nitrogen functional groups attached to an aromatic ring is 1. The van der Waals surface area contributed by atoms with Crippen LogP contribution in [0.15, 0.2) is 24.3 Å². The average Bonchev–Trinajstić information content (AvgIpc) is 2.46. The molecule has 4 N–H and O–H groups in total. The second kappa shape index (κ2) is 6.41. The Balaban J connectivity index is 1.82. The second-order valence-corrected chi connectivity index (χ2v) is 5.26. The van der Waals surface area contributed by atoms with E-state index in [0.717, 1.165) is 11.3 Å². The van der Waals surface area contributed by atoms with Crippen LogP contribution >= 0.6 is 0 Å². The molecular weight excluding hydrogens is 254 g/mol. The Morgan fingerprint density at radius 3 is 2.45 bits per heavy atom. The summed E-state index contributed by atoms with van der Waals surface area (Å²) in [7, 11) is 0. The molecule has 0 saturated carbocycles. The third kappa shape index (κ3) is 3.50. The molecule has 1 aromatic rings. The summed E-state index contributed by atoms with van der Waals surface area (Å²) in [6, 6.07) is 7.60. The Labute approximate surface area is 118 Å². The quantitative estimate of drug-likeness (QED) is 0.801. The summed E-state index contributed by atoms with van der Waals surface area (Å²) in [5.74, 6) is -0.214. The van der Waals surface area contributed by atoms with Crippen LogP contribution in [0.1, 0.15) is 24.8 Å². The van der Waals surface area contributed by atoms with E-state index in [2.05, 4.69) is 0 Å². The second-order valence-electron chi connectivity index (χ2n) is 5.26. The van der Waals surface area contributed by atoms with Gasteiger partial charge in [0.1, 0.15) is 0 Å². The van der Waals surface area contributed by atoms with Crippen molar-refractivity contribution >= 4 is 17.5 Å². The molecule has 1 fully saturated rings. The number of amides is 2. The van der Waals surface area contributed by atoms with Gasteiger partial charge in [-0.3, -0.25) is 9.59 Å². The molecule has 108 valence electrons. The van der Waals surface area contributed by atoms with Crippen molar-refractivity contribution in [3.8, 4) is 0 Å². The monoisotopic (exact) mass is 275 g/mol. The average molecular weight is 275 g/mol. The zero-order chi connectivity index (χ0) is 14.5. The van der Waals surface area contributed by atoms with Gasteiger partial charge in [0.25, 0.3) is 0 Å². The molecule has 0 aliphatic carbocycles. The molecule has 1 aliphatic rings. The fraction of sp³-hybridized carbons (Fsp3) is 0.467. The molecule has 0 radical (unpaired) electrons. The summed E-state index contributed by atoms with van der Waals surface area (Å²) < 4.78 is 0. The predicted molar refractivity (Wildman–Crippen MR) is 77.7 cm³/mol. The number of nitrogens with zero attached hydrogens (tertiary/aromatic N) is 1. The standard InChI is InChI=1S/C15H21N3O2/c16-13-4-2-1-3-11(13)5-6-14(19)18-9-7-12(8-10-18)15(17)20/h1-4,12H,5-10,16H2,(H2,17,20). The van der Waals surface area contributed by atoms with Crippen LogP contribution in [0, 0.1) is 5.92 Å². The highest BCUT2D eigenvalue weighted by Gasteiger charge is 2.25. The molecule has 2 rings (SSSR count). The van der Waals surface area contributed by atoms with E-state index >= 15 is 0 Å². The maximum Gasteiger partial charge on any atom is 0.222 e. The van der Waals surface area contributed by atoms with Gasteiger partial charge in [0, 0.05) is 31.1 Å². The van der Waals surface area contributed by atoms with E-state index in [9.17, 15) is 9.59 Å². The maximum atomic E-state index is 12.1. The van der Waals surface area contributed by atoms with Crippen molar-refractivity contribution in [2.24, 2.45) is 11.7 Å². The summed E-state index contributed by atoms with van der Waals surface area (Å²) in [6.45, 7) is 1.24. The number of benzene rings is 1. The van der Waals surface area contributed by atoms with Gasteiger partial charge in [-0.1, -0.05) is 18.2 Å². The van der Waals surface area contributed by atoms with E-state index in [1.54, 1.807) is 0 Å². The number of piperidine rings is 1. The van der Waals surface area contributed by atoms with E-state index in [-0.39, 0.29) is 17.7 Å². The molecule has 20 heavy (non-hydrogen) atoms. The normalized spacial score (nSPS) is 16.1. The molecule has 0 atom stereocenters. The van der Waals surface area contributed by atoms with Gasteiger partial charge in [0.15, 0.2) is 0 Å². The summed E-state index contributed by atoms with van der Waals surface area (Å²) in [5, 5.41) is 0. The smallest absolute Gasteiger partial charge is 0.222 e. The first-order chi connectivity index (χ1) is 9.58. The molecule has 5 heteroatoms. The van der Waals surface area contributed by atoms with Crippen LogP contribution in [0.2, 0.25) is 0 Å². The summed E-state index contributed by atoms with van der Waals surface area (Å²) in [6.07, 6.45) is 2.46. The van der Waals surface area contributed by atoms with Crippen LogP contribution < -0.4 is 11.5 Å². The van der Waals surface area contributed by atoms with Crippen molar-refractivity contribution in [3.05, 3.63) is 29.8 Å². The van der Waals surface area contributed by atoms with Gasteiger partial charge in [-0.15, -0.1) is 0 Å². The highest BCUT2D eigenvalue weighted by atomic mass is 16.2. The molecule has 2 amide bonds. The maximum absolute atomic E-state index is 12.1. The van der Waals surface area contributed by atoms with Crippen molar-refractivity contribution in [1.29, 1.82) is 0 Å². The summed E-state index contributed by atoms with van der Waals surface area (Å²) in [4.78, 5) is 25.0. The minimum Gasteiger partial charge on any atom is -0.399 e. The Kier molecular flexibility index (Phi) is 4.61. The van der Waals surface area contributed by atoms with Gasteiger partial charge in [-0.25, -0.2) is 0 Å². The minimum atomic E-state index is -0.255. The lowest BCUT2D eigenvalue weighted by Crippen LogP contribution is -2.41. The van der Waals surface area contributed by atoms with Gasteiger partial charge in [-0.05, 0) is 30.9 Å². The first kappa shape index (κ1) is 14.4. The van der Waals surface area contributed by atoms with Crippen LogP contribution in [0.5, 0.6) is 0 Å². The topological polar surface area (TPSA) is 89.4 Å². The number of nitrogens with two attached hydrogens (primary N) is 2. The van der Waals surface area contributed by atoms with Crippen LogP contribution in [-0.2, 0) is 16.0 Å². The zero-order valence-corrected chi connectivity index (χ0v) is 11.5. The van der Waals surface area contributed by atoms with Gasteiger partial charge in [0.05, 0.1) is 0 Å². The van der Waals surface area contributed by atoms with Crippen molar-refractivity contribution in [2.75, 3.05) is 18.8 Å². The Morgan fingerprint density at radius 2 is 1.85 bits per heavy atom. The zero-order valence-electron chi connectivity index (χ0n) is 11.5. The number of para-hydroxylation sites is 1. The lowest BCUT2D eigenvalue weighted by Gasteiger charge is -2.30. The number of likely N-dealkylation sites (tertiary alicyclic amines) is 1. The number of aryl methyl sites for hydroxylation is 1. The van der Waals surface area contributed by atoms with Gasteiger partial charge < -0.3 is 16.4 Å². The molecule has 1 aliphatic heterocycles. The SMILES string of the molecule is NC(=O)C1CCN(C(=O)CCc2ccccc2N)CC1. The van der Waals surface area contributed by atoms with Crippen molar-refractivity contribution in [1.82, 2.24) is 4.90 Å². The number of carbonyl (C=O) groups excluding carboxylic acids is 2. The highest BCUT2D eigenvalue weighted by molar-refractivity contribution is 5.79. The number of carbonyl (C=O) groups is 2. The van der Waals surface area contributed by atoms with E-state index in [1.165, 1.54) is 0 Å². The van der Waals surface area contributed by atoms with E-state index < -0.39 is 0 Å². The number of hydrogen-bond acceptors (Lipinski definition) is 3. The number of hydrogen-bond donors (Lipinski definition) is 2. The molecule has 0 aromatic heterocycles. The van der Waals surface area contributed by atoms with E-state index in [0.29, 0.717) is 38.8 Å². The molecule has 1 saturated heterocycles. The fourth-order valence-corrected chi connectivity index (χ4v) is 2.57. The largest absolute Gasteiger partial charge is 0.399 e. The van der Waals surface area contributed by atoms with E-state index in [1.807, 2.05) is 29.2 Å². The van der Waals surface area contributed by atoms with Gasteiger partial charge in [0.2, 0.25) is 11.8 Å². The highest BCUT2D eigenvalue weighted by Crippen LogP contribution is 2.18. The van der Waals surface area contributed by atoms with E-state index in [4.69, 9.17) is 11.5 Å². The molecule has 1 aromatic carbocycles. The first-order valence-electron chi connectivity index (χ1n) is 6.98. The van der Waals surface area contributed by atoms with Gasteiger partial charge in [-0.2, -0.15) is 0 Å². The van der Waals surface area contributed by atoms with Gasteiger partial charge >= 0.3 is 0 Å². The number of rotatable bonds is 4. The predicted octanol–water partition coefficient (Wildman–Crippen LogP) is 0.925. The Bertz CT molecular complexity index is 494. The Hall–Kier alpha value is -2.04. The number of primary amides is 1. The van der Waals surface area contributed by atoms with Crippen molar-refractivity contribution in [2.45, 2.75) is 25.7 Å². The third-order valence-corrected chi connectivity index (χ3v) is 3.91. The van der Waals surface area contributed by atoms with Crippen molar-refractivity contribution < 1.29 is 9.59 Å². The van der Waals surface area contributed by atoms with Crippen LogP contribution in [0.25, 0.3) is 0 Å². The summed E-state index contributed by atoms with van der Waals surface area (Å²) >= 11 is 0. The van der Waals surface area contributed by atoms with Crippen LogP contribution in [0.4, 0.5) is 5.69 Å². The molecule has 0 spiro atoms. The first-order valence-corrected chi connectivity index (χ1v) is 6.98. The molecule has 1 heterocycles. The Morgan fingerprint density at radius 1 is 1.20 bits per heavy atom. The summed E-state index contributed by atoms with van der Waals surface area (Å²) in [5.41, 5.74) is 12.9. The number of anilines is 1.